The Morgan fingerprint density at radius 2 is 2.11 bits per heavy atom. The Morgan fingerprint density at radius 3 is 2.63 bits per heavy atom. The molecule has 3 N–H and O–H groups in total. The van der Waals surface area contributed by atoms with Crippen LogP contribution in [0.25, 0.3) is 10.6 Å². The van der Waals surface area contributed by atoms with Gasteiger partial charge in [-0.05, 0) is 12.1 Å². The van der Waals surface area contributed by atoms with Crippen molar-refractivity contribution >= 4 is 32.1 Å². The summed E-state index contributed by atoms with van der Waals surface area (Å²) in [6.45, 7) is 0. The zero-order valence-electron chi connectivity index (χ0n) is 9.82. The van der Waals surface area contributed by atoms with Crippen molar-refractivity contribution in [3.63, 3.8) is 0 Å². The van der Waals surface area contributed by atoms with E-state index in [9.17, 15) is 13.2 Å². The van der Waals surface area contributed by atoms with Crippen molar-refractivity contribution in [2.24, 2.45) is 0 Å². The molecule has 0 saturated heterocycles. The minimum atomic E-state index is -3.32. The number of thiazole rings is 1. The van der Waals surface area contributed by atoms with Gasteiger partial charge < -0.3 is 10.8 Å². The van der Waals surface area contributed by atoms with E-state index in [0.717, 1.165) is 17.6 Å². The maximum absolute atomic E-state index is 11.5. The number of hydrogen-bond acceptors (Lipinski definition) is 6. The van der Waals surface area contributed by atoms with Crippen LogP contribution in [-0.2, 0) is 9.84 Å². The van der Waals surface area contributed by atoms with E-state index in [1.54, 1.807) is 12.1 Å². The molecule has 0 atom stereocenters. The highest BCUT2D eigenvalue weighted by molar-refractivity contribution is 7.90. The summed E-state index contributed by atoms with van der Waals surface area (Å²) in [5, 5.41) is 9.34. The van der Waals surface area contributed by atoms with Crippen LogP contribution in [0.3, 0.4) is 0 Å². The van der Waals surface area contributed by atoms with Crippen molar-refractivity contribution in [3.05, 3.63) is 30.0 Å². The maximum atomic E-state index is 11.5. The molecule has 0 amide bonds. The minimum absolute atomic E-state index is 0.0901. The molecule has 1 heterocycles. The molecule has 0 aliphatic heterocycles. The molecule has 2 rings (SSSR count). The Labute approximate surface area is 113 Å². The molecule has 0 spiro atoms. The molecule has 1 aromatic carbocycles. The summed E-state index contributed by atoms with van der Waals surface area (Å²) in [6.07, 6.45) is 1.10. The smallest absolute Gasteiger partial charge is 0.357 e. The first-order valence-electron chi connectivity index (χ1n) is 5.09. The van der Waals surface area contributed by atoms with E-state index in [1.165, 1.54) is 12.1 Å². The van der Waals surface area contributed by atoms with Gasteiger partial charge in [-0.2, -0.15) is 0 Å². The largest absolute Gasteiger partial charge is 0.476 e. The summed E-state index contributed by atoms with van der Waals surface area (Å²) >= 11 is 1.01. The van der Waals surface area contributed by atoms with Gasteiger partial charge in [0.25, 0.3) is 0 Å². The fourth-order valence-electron chi connectivity index (χ4n) is 1.47. The molecule has 6 nitrogen and oxygen atoms in total. The van der Waals surface area contributed by atoms with Gasteiger partial charge in [0, 0.05) is 11.8 Å². The number of rotatable bonds is 3. The normalized spacial score (nSPS) is 11.4. The highest BCUT2D eigenvalue weighted by atomic mass is 32.2. The number of carbonyl (C=O) groups is 1. The highest BCUT2D eigenvalue weighted by Crippen LogP contribution is 2.31. The van der Waals surface area contributed by atoms with E-state index in [2.05, 4.69) is 4.98 Å². The molecule has 2 aromatic rings. The number of nitrogens with zero attached hydrogens (tertiary/aromatic N) is 1. The van der Waals surface area contributed by atoms with E-state index in [0.29, 0.717) is 10.6 Å². The first kappa shape index (κ1) is 13.5. The van der Waals surface area contributed by atoms with Gasteiger partial charge in [-0.3, -0.25) is 0 Å². The van der Waals surface area contributed by atoms with Crippen molar-refractivity contribution in [2.45, 2.75) is 4.90 Å². The first-order chi connectivity index (χ1) is 8.79. The number of benzene rings is 1. The predicted octanol–water partition coefficient (Wildman–Crippen LogP) is 1.49. The second-order valence-corrected chi connectivity index (χ2v) is 6.88. The molecule has 0 unspecified atom stereocenters. The third-order valence-electron chi connectivity index (χ3n) is 2.37. The Bertz CT molecular complexity index is 750. The maximum Gasteiger partial charge on any atom is 0.357 e. The van der Waals surface area contributed by atoms with Crippen LogP contribution in [0.15, 0.2) is 29.2 Å². The van der Waals surface area contributed by atoms with Gasteiger partial charge in [0.15, 0.2) is 15.5 Å². The van der Waals surface area contributed by atoms with Crippen molar-refractivity contribution in [2.75, 3.05) is 12.0 Å². The lowest BCUT2D eigenvalue weighted by Gasteiger charge is -2.00. The van der Waals surface area contributed by atoms with E-state index in [4.69, 9.17) is 10.8 Å². The molecule has 8 heteroatoms. The summed E-state index contributed by atoms with van der Waals surface area (Å²) in [4.78, 5) is 14.9. The lowest BCUT2D eigenvalue weighted by molar-refractivity contribution is 0.0692. The van der Waals surface area contributed by atoms with Gasteiger partial charge in [-0.25, -0.2) is 18.2 Å². The fourth-order valence-corrected chi connectivity index (χ4v) is 2.95. The van der Waals surface area contributed by atoms with Crippen LogP contribution in [0, 0.1) is 0 Å². The lowest BCUT2D eigenvalue weighted by atomic mass is 10.2. The van der Waals surface area contributed by atoms with Gasteiger partial charge in [-0.1, -0.05) is 23.5 Å². The van der Waals surface area contributed by atoms with Gasteiger partial charge in [0.05, 0.1) is 4.90 Å². The number of nitrogens with two attached hydrogens (primary N) is 1. The molecule has 100 valence electrons. The quantitative estimate of drug-likeness (QED) is 0.888. The number of carboxylic acids is 1. The standard InChI is InChI=1S/C11H10N2O4S2/c1-19(16,17)7-4-2-3-6(5-7)10-13-8(11(14)15)9(12)18-10/h2-5H,12H2,1H3,(H,14,15). The predicted molar refractivity (Wildman–Crippen MR) is 72.0 cm³/mol. The second-order valence-electron chi connectivity index (χ2n) is 3.84. The van der Waals surface area contributed by atoms with E-state index in [-0.39, 0.29) is 15.6 Å². The second kappa shape index (κ2) is 4.63. The Kier molecular flexibility index (Phi) is 3.29. The Morgan fingerprint density at radius 1 is 1.42 bits per heavy atom. The summed E-state index contributed by atoms with van der Waals surface area (Å²) < 4.78 is 22.9. The number of aromatic carboxylic acids is 1. The third-order valence-corrected chi connectivity index (χ3v) is 4.41. The lowest BCUT2D eigenvalue weighted by Crippen LogP contribution is -2.00. The highest BCUT2D eigenvalue weighted by Gasteiger charge is 2.17. The average molecular weight is 298 g/mol. The van der Waals surface area contributed by atoms with E-state index in [1.807, 2.05) is 0 Å². The Balaban J connectivity index is 2.54. The zero-order valence-corrected chi connectivity index (χ0v) is 11.5. The fraction of sp³-hybridized carbons (Fsp3) is 0.0909. The van der Waals surface area contributed by atoms with Crippen LogP contribution in [0.1, 0.15) is 10.5 Å². The monoisotopic (exact) mass is 298 g/mol. The van der Waals surface area contributed by atoms with Crippen LogP contribution in [0.5, 0.6) is 0 Å². The molecule has 1 aromatic heterocycles. The molecular weight excluding hydrogens is 288 g/mol. The summed E-state index contributed by atoms with van der Waals surface area (Å²) in [7, 11) is -3.32. The van der Waals surface area contributed by atoms with Crippen LogP contribution < -0.4 is 5.73 Å². The van der Waals surface area contributed by atoms with Crippen molar-refractivity contribution in [1.29, 1.82) is 0 Å². The minimum Gasteiger partial charge on any atom is -0.476 e. The average Bonchev–Trinajstić information content (AvgIpc) is 2.70. The number of sulfone groups is 1. The number of hydrogen-bond donors (Lipinski definition) is 2. The van der Waals surface area contributed by atoms with E-state index >= 15 is 0 Å². The number of anilines is 1. The van der Waals surface area contributed by atoms with Crippen molar-refractivity contribution in [3.8, 4) is 10.6 Å². The first-order valence-corrected chi connectivity index (χ1v) is 7.80. The topological polar surface area (TPSA) is 110 Å². The van der Waals surface area contributed by atoms with Crippen molar-refractivity contribution < 1.29 is 18.3 Å². The Hall–Kier alpha value is -1.93. The third kappa shape index (κ3) is 2.74. The van der Waals surface area contributed by atoms with Crippen molar-refractivity contribution in [1.82, 2.24) is 4.98 Å². The summed E-state index contributed by atoms with van der Waals surface area (Å²) in [5.41, 5.74) is 5.86. The van der Waals surface area contributed by atoms with Gasteiger partial charge >= 0.3 is 5.97 Å². The SMILES string of the molecule is CS(=O)(=O)c1cccc(-c2nc(C(=O)O)c(N)s2)c1. The van der Waals surface area contributed by atoms with Gasteiger partial charge in [-0.15, -0.1) is 0 Å². The van der Waals surface area contributed by atoms with Gasteiger partial charge in [0.1, 0.15) is 10.0 Å². The molecule has 0 radical (unpaired) electrons. The molecule has 0 aliphatic rings. The molecule has 0 aliphatic carbocycles. The van der Waals surface area contributed by atoms with Crippen LogP contribution in [0.4, 0.5) is 5.00 Å². The van der Waals surface area contributed by atoms with Crippen LogP contribution >= 0.6 is 11.3 Å². The zero-order chi connectivity index (χ0) is 14.2. The molecule has 19 heavy (non-hydrogen) atoms. The van der Waals surface area contributed by atoms with Gasteiger partial charge in [0.2, 0.25) is 0 Å². The number of carboxylic acid groups (broad SMARTS) is 1. The molecular formula is C11H10N2O4S2. The molecule has 0 saturated carbocycles. The van der Waals surface area contributed by atoms with E-state index < -0.39 is 15.8 Å². The molecule has 0 fully saturated rings. The number of aromatic nitrogens is 1. The molecule has 0 bridgehead atoms. The van der Waals surface area contributed by atoms with Crippen LogP contribution in [0.2, 0.25) is 0 Å². The summed E-state index contributed by atoms with van der Waals surface area (Å²) in [5.74, 6) is -1.21. The summed E-state index contributed by atoms with van der Waals surface area (Å²) in [6, 6.07) is 6.13. The van der Waals surface area contributed by atoms with Crippen LogP contribution in [-0.4, -0.2) is 30.7 Å². The number of nitrogen functional groups attached to an aromatic ring is 1.